The number of carboxylic acid groups (broad SMARTS) is 1. The Morgan fingerprint density at radius 2 is 1.89 bits per heavy atom. The summed E-state index contributed by atoms with van der Waals surface area (Å²) in [5.41, 5.74) is 1.05. The first-order valence-electron chi connectivity index (χ1n) is 5.86. The van der Waals surface area contributed by atoms with Crippen molar-refractivity contribution >= 4 is 23.6 Å². The number of rotatable bonds is 4. The first-order chi connectivity index (χ1) is 8.66. The molecule has 2 atom stereocenters. The molecule has 1 aromatic carbocycles. The second-order valence-corrected chi connectivity index (χ2v) is 5.64. The molecule has 2 rings (SSSR count). The molecule has 96 valence electrons. The molecule has 0 aliphatic carbocycles. The van der Waals surface area contributed by atoms with Gasteiger partial charge in [0, 0.05) is 6.54 Å². The van der Waals surface area contributed by atoms with E-state index in [1.807, 2.05) is 30.3 Å². The first-order valence-corrected chi connectivity index (χ1v) is 6.81. The van der Waals surface area contributed by atoms with Gasteiger partial charge in [0.1, 0.15) is 5.25 Å². The lowest BCUT2D eigenvalue weighted by Gasteiger charge is -2.10. The second-order valence-electron chi connectivity index (χ2n) is 4.23. The van der Waals surface area contributed by atoms with Gasteiger partial charge in [0.05, 0.1) is 5.25 Å². The Balaban J connectivity index is 1.81. The van der Waals surface area contributed by atoms with Gasteiger partial charge in [-0.3, -0.25) is 9.59 Å². The number of benzene rings is 1. The Bertz CT molecular complexity index is 435. The molecule has 0 aromatic heterocycles. The van der Waals surface area contributed by atoms with Crippen LogP contribution in [0.3, 0.4) is 0 Å². The van der Waals surface area contributed by atoms with E-state index >= 15 is 0 Å². The van der Waals surface area contributed by atoms with Gasteiger partial charge in [-0.1, -0.05) is 30.3 Å². The molecule has 4 nitrogen and oxygen atoms in total. The predicted molar refractivity (Wildman–Crippen MR) is 70.3 cm³/mol. The van der Waals surface area contributed by atoms with Crippen molar-refractivity contribution in [2.75, 3.05) is 0 Å². The van der Waals surface area contributed by atoms with E-state index in [9.17, 15) is 9.59 Å². The number of hydrogen-bond donors (Lipinski definition) is 2. The summed E-state index contributed by atoms with van der Waals surface area (Å²) in [6.07, 6.45) is 1.21. The first kappa shape index (κ1) is 13.0. The van der Waals surface area contributed by atoms with E-state index in [1.165, 1.54) is 11.8 Å². The Hall–Kier alpha value is -1.49. The smallest absolute Gasteiger partial charge is 0.316 e. The number of hydrogen-bond acceptors (Lipinski definition) is 3. The zero-order chi connectivity index (χ0) is 13.0. The number of aliphatic carboxylic acids is 1. The lowest BCUT2D eigenvalue weighted by molar-refractivity contribution is -0.136. The van der Waals surface area contributed by atoms with Crippen molar-refractivity contribution in [2.24, 2.45) is 0 Å². The molecule has 0 saturated carbocycles. The number of thioether (sulfide) groups is 1. The molecule has 0 bridgehead atoms. The summed E-state index contributed by atoms with van der Waals surface area (Å²) in [6.45, 7) is 0.495. The standard InChI is InChI=1S/C13H15NO3S/c15-12(10-6-7-11(18-10)13(16)17)14-8-9-4-2-1-3-5-9/h1-5,10-11H,6-8H2,(H,14,15)(H,16,17)/t10-,11+/m1/s1. The molecule has 1 aliphatic heterocycles. The number of carboxylic acids is 1. The maximum Gasteiger partial charge on any atom is 0.316 e. The van der Waals surface area contributed by atoms with Crippen molar-refractivity contribution in [2.45, 2.75) is 29.9 Å². The number of nitrogens with one attached hydrogen (secondary N) is 1. The average molecular weight is 265 g/mol. The molecule has 0 radical (unpaired) electrons. The fourth-order valence-corrected chi connectivity index (χ4v) is 3.17. The highest BCUT2D eigenvalue weighted by Crippen LogP contribution is 2.33. The molecule has 0 spiro atoms. The van der Waals surface area contributed by atoms with Crippen LogP contribution in [-0.4, -0.2) is 27.5 Å². The van der Waals surface area contributed by atoms with Crippen LogP contribution in [0.5, 0.6) is 0 Å². The Morgan fingerprint density at radius 1 is 1.22 bits per heavy atom. The van der Waals surface area contributed by atoms with Gasteiger partial charge in [-0.25, -0.2) is 0 Å². The molecular weight excluding hydrogens is 250 g/mol. The zero-order valence-corrected chi connectivity index (χ0v) is 10.7. The largest absolute Gasteiger partial charge is 0.480 e. The highest BCUT2D eigenvalue weighted by Gasteiger charge is 2.34. The van der Waals surface area contributed by atoms with Crippen molar-refractivity contribution in [3.05, 3.63) is 35.9 Å². The minimum absolute atomic E-state index is 0.0624. The summed E-state index contributed by atoms with van der Waals surface area (Å²) in [5.74, 6) is -0.883. The second kappa shape index (κ2) is 5.91. The van der Waals surface area contributed by atoms with Gasteiger partial charge in [0.15, 0.2) is 0 Å². The third kappa shape index (κ3) is 3.26. The third-order valence-electron chi connectivity index (χ3n) is 2.90. The lowest BCUT2D eigenvalue weighted by atomic mass is 10.2. The Kier molecular flexibility index (Phi) is 4.25. The molecule has 1 fully saturated rings. The van der Waals surface area contributed by atoms with E-state index in [-0.39, 0.29) is 11.2 Å². The third-order valence-corrected chi connectivity index (χ3v) is 4.44. The van der Waals surface area contributed by atoms with E-state index in [0.29, 0.717) is 19.4 Å². The predicted octanol–water partition coefficient (Wildman–Crippen LogP) is 1.65. The molecular formula is C13H15NO3S. The molecule has 1 aliphatic rings. The molecule has 1 aromatic rings. The van der Waals surface area contributed by atoms with Crippen LogP contribution in [0.4, 0.5) is 0 Å². The summed E-state index contributed by atoms with van der Waals surface area (Å²) < 4.78 is 0. The van der Waals surface area contributed by atoms with Crippen LogP contribution < -0.4 is 5.32 Å². The van der Waals surface area contributed by atoms with Crippen LogP contribution in [0.15, 0.2) is 30.3 Å². The van der Waals surface area contributed by atoms with E-state index in [4.69, 9.17) is 5.11 Å². The van der Waals surface area contributed by atoms with Crippen LogP contribution in [0.1, 0.15) is 18.4 Å². The quantitative estimate of drug-likeness (QED) is 0.868. The summed E-state index contributed by atoms with van der Waals surface area (Å²) in [7, 11) is 0. The van der Waals surface area contributed by atoms with Gasteiger partial charge in [-0.2, -0.15) is 0 Å². The van der Waals surface area contributed by atoms with Gasteiger partial charge < -0.3 is 10.4 Å². The van der Waals surface area contributed by atoms with Crippen LogP contribution in [-0.2, 0) is 16.1 Å². The minimum atomic E-state index is -0.821. The molecule has 5 heteroatoms. The van der Waals surface area contributed by atoms with E-state index in [2.05, 4.69) is 5.32 Å². The SMILES string of the molecule is O=C(O)[C@@H]1CC[C@H](C(=O)NCc2ccccc2)S1. The summed E-state index contributed by atoms with van der Waals surface area (Å²) in [5, 5.41) is 11.1. The monoisotopic (exact) mass is 265 g/mol. The van der Waals surface area contributed by atoms with E-state index < -0.39 is 11.2 Å². The maximum absolute atomic E-state index is 11.9. The molecule has 1 amide bonds. The lowest BCUT2D eigenvalue weighted by Crippen LogP contribution is -2.31. The highest BCUT2D eigenvalue weighted by atomic mass is 32.2. The normalized spacial score (nSPS) is 22.7. The summed E-state index contributed by atoms with van der Waals surface area (Å²) in [4.78, 5) is 22.7. The number of carbonyl (C=O) groups is 2. The van der Waals surface area contributed by atoms with Crippen molar-refractivity contribution < 1.29 is 14.7 Å². The molecule has 18 heavy (non-hydrogen) atoms. The summed E-state index contributed by atoms with van der Waals surface area (Å²) in [6, 6.07) is 9.67. The zero-order valence-electron chi connectivity index (χ0n) is 9.83. The van der Waals surface area contributed by atoms with Crippen molar-refractivity contribution in [3.8, 4) is 0 Å². The fraction of sp³-hybridized carbons (Fsp3) is 0.385. The van der Waals surface area contributed by atoms with Crippen molar-refractivity contribution in [3.63, 3.8) is 0 Å². The van der Waals surface area contributed by atoms with Gasteiger partial charge in [0.25, 0.3) is 0 Å². The van der Waals surface area contributed by atoms with Gasteiger partial charge in [-0.05, 0) is 18.4 Å². The van der Waals surface area contributed by atoms with Crippen LogP contribution >= 0.6 is 11.8 Å². The number of amides is 1. The Labute approximate surface area is 110 Å². The number of carbonyl (C=O) groups excluding carboxylic acids is 1. The van der Waals surface area contributed by atoms with Gasteiger partial charge >= 0.3 is 5.97 Å². The molecule has 1 heterocycles. The fourth-order valence-electron chi connectivity index (χ4n) is 1.91. The highest BCUT2D eigenvalue weighted by molar-refractivity contribution is 8.02. The maximum atomic E-state index is 11.9. The molecule has 2 N–H and O–H groups in total. The minimum Gasteiger partial charge on any atom is -0.480 e. The summed E-state index contributed by atoms with van der Waals surface area (Å²) >= 11 is 1.25. The van der Waals surface area contributed by atoms with E-state index in [0.717, 1.165) is 5.56 Å². The Morgan fingerprint density at radius 3 is 2.50 bits per heavy atom. The molecule has 0 unspecified atom stereocenters. The van der Waals surface area contributed by atoms with Crippen molar-refractivity contribution in [1.29, 1.82) is 0 Å². The van der Waals surface area contributed by atoms with Crippen LogP contribution in [0.2, 0.25) is 0 Å². The van der Waals surface area contributed by atoms with Crippen molar-refractivity contribution in [1.82, 2.24) is 5.32 Å². The van der Waals surface area contributed by atoms with Crippen LogP contribution in [0, 0.1) is 0 Å². The topological polar surface area (TPSA) is 66.4 Å². The van der Waals surface area contributed by atoms with Crippen LogP contribution in [0.25, 0.3) is 0 Å². The van der Waals surface area contributed by atoms with Gasteiger partial charge in [-0.15, -0.1) is 11.8 Å². The molecule has 1 saturated heterocycles. The van der Waals surface area contributed by atoms with E-state index in [1.54, 1.807) is 0 Å². The van der Waals surface area contributed by atoms with Gasteiger partial charge in [0.2, 0.25) is 5.91 Å². The average Bonchev–Trinajstić information content (AvgIpc) is 2.87.